The Balaban J connectivity index is 1.84. The monoisotopic (exact) mass is 496 g/mol. The van der Waals surface area contributed by atoms with Crippen LogP contribution in [0.5, 0.6) is 11.5 Å². The number of hydrogen-bond acceptors (Lipinski definition) is 5. The lowest BCUT2D eigenvalue weighted by Crippen LogP contribution is -2.25. The smallest absolute Gasteiger partial charge is 0.302 e. The van der Waals surface area contributed by atoms with Crippen LogP contribution in [0.15, 0.2) is 77.6 Å². The summed E-state index contributed by atoms with van der Waals surface area (Å²) in [5, 5.41) is 13.1. The number of fused-ring (bicyclic) bond motifs is 2. The van der Waals surface area contributed by atoms with E-state index in [9.17, 15) is 14.7 Å². The molecule has 37 heavy (non-hydrogen) atoms. The Hall–Kier alpha value is -4.52. The molecule has 0 spiro atoms. The first-order valence-electron chi connectivity index (χ1n) is 12.1. The third-order valence-corrected chi connectivity index (χ3v) is 6.82. The molecule has 0 amide bonds. The van der Waals surface area contributed by atoms with E-state index in [1.165, 1.54) is 6.92 Å². The van der Waals surface area contributed by atoms with Gasteiger partial charge in [-0.2, -0.15) is 0 Å². The number of para-hydroxylation sites is 2. The molecule has 2 aromatic heterocycles. The van der Waals surface area contributed by atoms with Gasteiger partial charge in [0.1, 0.15) is 11.5 Å². The molecule has 0 saturated heterocycles. The summed E-state index contributed by atoms with van der Waals surface area (Å²) in [6.45, 7) is 1.57. The molecule has 1 atom stereocenters. The van der Waals surface area contributed by atoms with Crippen LogP contribution in [0.4, 0.5) is 0 Å². The van der Waals surface area contributed by atoms with Crippen LogP contribution in [0, 0.1) is 0 Å². The molecule has 1 unspecified atom stereocenters. The van der Waals surface area contributed by atoms with Crippen LogP contribution in [-0.2, 0) is 23.0 Å². The average Bonchev–Trinajstić information content (AvgIpc) is 3.27. The number of H-pyrrole nitrogens is 1. The number of aromatic amines is 1. The van der Waals surface area contributed by atoms with Crippen molar-refractivity contribution in [2.75, 3.05) is 13.7 Å². The Kier molecular flexibility index (Phi) is 6.44. The summed E-state index contributed by atoms with van der Waals surface area (Å²) in [4.78, 5) is 28.9. The van der Waals surface area contributed by atoms with Gasteiger partial charge in [-0.25, -0.2) is 0 Å². The van der Waals surface area contributed by atoms with Crippen molar-refractivity contribution in [3.63, 3.8) is 0 Å². The van der Waals surface area contributed by atoms with Crippen molar-refractivity contribution in [1.29, 1.82) is 0 Å². The van der Waals surface area contributed by atoms with Gasteiger partial charge in [0.25, 0.3) is 5.56 Å². The Morgan fingerprint density at radius 3 is 2.51 bits per heavy atom. The number of ether oxygens (including phenoxy) is 2. The van der Waals surface area contributed by atoms with Crippen molar-refractivity contribution < 1.29 is 19.4 Å². The van der Waals surface area contributed by atoms with E-state index < -0.39 is 5.92 Å². The van der Waals surface area contributed by atoms with E-state index in [0.29, 0.717) is 23.1 Å². The van der Waals surface area contributed by atoms with E-state index in [0.717, 1.165) is 27.7 Å². The largest absolute Gasteiger partial charge is 0.507 e. The SMILES string of the molecule is COc1cccc(C(c2[nH]c3ccccc3c2CCOC(C)=O)c2c(O)c3ccccc3n(C)c2=O)c1. The van der Waals surface area contributed by atoms with Crippen LogP contribution in [0.2, 0.25) is 0 Å². The molecular weight excluding hydrogens is 468 g/mol. The van der Waals surface area contributed by atoms with Crippen LogP contribution >= 0.6 is 0 Å². The third-order valence-electron chi connectivity index (χ3n) is 6.82. The fourth-order valence-electron chi connectivity index (χ4n) is 5.10. The fraction of sp³-hybridized carbons (Fsp3) is 0.200. The topological polar surface area (TPSA) is 93.5 Å². The minimum Gasteiger partial charge on any atom is -0.507 e. The van der Waals surface area contributed by atoms with Crippen LogP contribution in [0.3, 0.4) is 0 Å². The highest BCUT2D eigenvalue weighted by molar-refractivity contribution is 5.88. The molecular formula is C30H28N2O5. The van der Waals surface area contributed by atoms with Gasteiger partial charge in [-0.15, -0.1) is 0 Å². The predicted molar refractivity (Wildman–Crippen MR) is 143 cm³/mol. The Morgan fingerprint density at radius 1 is 1.03 bits per heavy atom. The van der Waals surface area contributed by atoms with Crippen molar-refractivity contribution in [2.45, 2.75) is 19.3 Å². The molecule has 0 saturated carbocycles. The van der Waals surface area contributed by atoms with Crippen LogP contribution in [0.1, 0.15) is 35.2 Å². The van der Waals surface area contributed by atoms with Crippen molar-refractivity contribution in [3.8, 4) is 11.5 Å². The molecule has 0 fully saturated rings. The molecule has 0 aliphatic rings. The highest BCUT2D eigenvalue weighted by atomic mass is 16.5. The number of esters is 1. The minimum absolute atomic E-state index is 0.0592. The van der Waals surface area contributed by atoms with E-state index in [2.05, 4.69) is 4.98 Å². The van der Waals surface area contributed by atoms with Gasteiger partial charge in [0.2, 0.25) is 0 Å². The maximum Gasteiger partial charge on any atom is 0.302 e. The Morgan fingerprint density at radius 2 is 1.76 bits per heavy atom. The first-order chi connectivity index (χ1) is 17.9. The number of nitrogens with zero attached hydrogens (tertiary/aromatic N) is 1. The van der Waals surface area contributed by atoms with Gasteiger partial charge in [-0.05, 0) is 41.5 Å². The number of aromatic hydroxyl groups is 1. The van der Waals surface area contributed by atoms with E-state index in [1.54, 1.807) is 18.7 Å². The Labute approximate surface area is 213 Å². The lowest BCUT2D eigenvalue weighted by Gasteiger charge is -2.22. The zero-order valence-corrected chi connectivity index (χ0v) is 20.9. The quantitative estimate of drug-likeness (QED) is 0.309. The molecule has 0 bridgehead atoms. The summed E-state index contributed by atoms with van der Waals surface area (Å²) < 4.78 is 12.3. The van der Waals surface area contributed by atoms with E-state index in [-0.39, 0.29) is 29.4 Å². The van der Waals surface area contributed by atoms with Gasteiger partial charge in [-0.3, -0.25) is 9.59 Å². The molecule has 5 aromatic rings. The maximum atomic E-state index is 13.9. The number of methoxy groups -OCH3 is 1. The molecule has 188 valence electrons. The van der Waals surface area contributed by atoms with Crippen molar-refractivity contribution >= 4 is 27.8 Å². The summed E-state index contributed by atoms with van der Waals surface area (Å²) in [5.41, 5.74) is 3.94. The molecule has 0 aliphatic carbocycles. The number of nitrogens with one attached hydrogen (secondary N) is 1. The summed E-state index contributed by atoms with van der Waals surface area (Å²) in [6, 6.07) is 22.6. The van der Waals surface area contributed by atoms with Crippen LogP contribution in [0.25, 0.3) is 21.8 Å². The average molecular weight is 497 g/mol. The number of hydrogen-bond donors (Lipinski definition) is 2. The lowest BCUT2D eigenvalue weighted by atomic mass is 9.85. The summed E-state index contributed by atoms with van der Waals surface area (Å²) in [7, 11) is 3.30. The number of pyridine rings is 1. The minimum atomic E-state index is -0.641. The second-order valence-corrected chi connectivity index (χ2v) is 9.01. The molecule has 2 heterocycles. The molecule has 3 aromatic carbocycles. The number of benzene rings is 3. The zero-order chi connectivity index (χ0) is 26.1. The van der Waals surface area contributed by atoms with E-state index >= 15 is 0 Å². The maximum absolute atomic E-state index is 13.9. The Bertz CT molecular complexity index is 1680. The van der Waals surface area contributed by atoms with Gasteiger partial charge >= 0.3 is 5.97 Å². The standard InChI is InChI=1S/C30H28N2O5/c1-18(33)37-16-15-22-21-11-4-6-13-24(21)31-28(22)26(19-9-8-10-20(17-19)36-3)27-29(34)23-12-5-7-14-25(23)32(2)30(27)35/h4-14,17,26,31,34H,15-16H2,1-3H3. The molecule has 7 nitrogen and oxygen atoms in total. The number of carbonyl (C=O) groups is 1. The first-order valence-corrected chi connectivity index (χ1v) is 12.1. The summed E-state index contributed by atoms with van der Waals surface area (Å²) in [6.07, 6.45) is 0.439. The second-order valence-electron chi connectivity index (χ2n) is 9.01. The molecule has 0 radical (unpaired) electrons. The van der Waals surface area contributed by atoms with Crippen LogP contribution < -0.4 is 10.3 Å². The van der Waals surface area contributed by atoms with Gasteiger partial charge in [0.05, 0.1) is 30.7 Å². The number of carbonyl (C=O) groups excluding carboxylic acids is 1. The van der Waals surface area contributed by atoms with Crippen LogP contribution in [-0.4, -0.2) is 34.3 Å². The number of aryl methyl sites for hydroxylation is 1. The zero-order valence-electron chi connectivity index (χ0n) is 20.9. The molecule has 2 N–H and O–H groups in total. The van der Waals surface area contributed by atoms with E-state index in [1.807, 2.05) is 72.8 Å². The van der Waals surface area contributed by atoms with Gasteiger partial charge in [0.15, 0.2) is 0 Å². The van der Waals surface area contributed by atoms with E-state index in [4.69, 9.17) is 9.47 Å². The highest BCUT2D eigenvalue weighted by Gasteiger charge is 2.30. The highest BCUT2D eigenvalue weighted by Crippen LogP contribution is 2.41. The third kappa shape index (κ3) is 4.33. The summed E-state index contributed by atoms with van der Waals surface area (Å²) >= 11 is 0. The normalized spacial score (nSPS) is 12.1. The predicted octanol–water partition coefficient (Wildman–Crippen LogP) is 5.02. The number of rotatable bonds is 7. The van der Waals surface area contributed by atoms with Gasteiger partial charge in [0, 0.05) is 42.4 Å². The molecule has 0 aliphatic heterocycles. The number of aromatic nitrogens is 2. The fourth-order valence-corrected chi connectivity index (χ4v) is 5.10. The van der Waals surface area contributed by atoms with Crippen molar-refractivity contribution in [2.24, 2.45) is 7.05 Å². The van der Waals surface area contributed by atoms with Crippen molar-refractivity contribution in [3.05, 3.63) is 106 Å². The van der Waals surface area contributed by atoms with Gasteiger partial charge in [-0.1, -0.05) is 42.5 Å². The molecule has 5 rings (SSSR count). The van der Waals surface area contributed by atoms with Gasteiger partial charge < -0.3 is 24.1 Å². The lowest BCUT2D eigenvalue weighted by molar-refractivity contribution is -0.140. The van der Waals surface area contributed by atoms with Crippen molar-refractivity contribution in [1.82, 2.24) is 9.55 Å². The molecule has 7 heteroatoms. The summed E-state index contributed by atoms with van der Waals surface area (Å²) in [5.74, 6) is -0.418. The second kappa shape index (κ2) is 9.85. The first kappa shape index (κ1) is 24.2.